The van der Waals surface area contributed by atoms with Gasteiger partial charge in [-0.05, 0) is 25.0 Å². The average Bonchev–Trinajstić information content (AvgIpc) is 2.90. The Labute approximate surface area is 125 Å². The molecule has 0 spiro atoms. The third-order valence-electron chi connectivity index (χ3n) is 3.70. The van der Waals surface area contributed by atoms with Crippen LogP contribution < -0.4 is 5.32 Å². The van der Waals surface area contributed by atoms with Crippen molar-refractivity contribution in [3.8, 4) is 0 Å². The zero-order valence-electron chi connectivity index (χ0n) is 12.5. The van der Waals surface area contributed by atoms with Gasteiger partial charge >= 0.3 is 0 Å². The molecule has 2 aromatic rings. The summed E-state index contributed by atoms with van der Waals surface area (Å²) in [7, 11) is 0. The van der Waals surface area contributed by atoms with Gasteiger partial charge in [0.25, 0.3) is 0 Å². The number of hydrogen-bond donors (Lipinski definition) is 1. The summed E-state index contributed by atoms with van der Waals surface area (Å²) in [6.45, 7) is 8.50. The van der Waals surface area contributed by atoms with Gasteiger partial charge < -0.3 is 9.88 Å². The molecular weight excluding hydrogens is 266 g/mol. The van der Waals surface area contributed by atoms with Crippen molar-refractivity contribution in [3.63, 3.8) is 0 Å². The normalized spacial score (nSPS) is 15.8. The average molecular weight is 289 g/mol. The molecule has 0 amide bonds. The van der Waals surface area contributed by atoms with Crippen molar-refractivity contribution >= 4 is 11.3 Å². The van der Waals surface area contributed by atoms with Gasteiger partial charge in [0.1, 0.15) is 5.01 Å². The zero-order chi connectivity index (χ0) is 14.2. The van der Waals surface area contributed by atoms with E-state index in [4.69, 9.17) is 4.98 Å². The van der Waals surface area contributed by atoms with Crippen LogP contribution in [0.5, 0.6) is 0 Å². The molecule has 1 aliphatic rings. The van der Waals surface area contributed by atoms with Crippen LogP contribution in [0.15, 0.2) is 23.7 Å². The van der Waals surface area contributed by atoms with E-state index in [1.807, 2.05) is 0 Å². The maximum atomic E-state index is 4.78. The first-order valence-electron chi connectivity index (χ1n) is 7.34. The fraction of sp³-hybridized carbons (Fsp3) is 0.562. The van der Waals surface area contributed by atoms with Gasteiger partial charge in [-0.3, -0.25) is 0 Å². The van der Waals surface area contributed by atoms with Crippen LogP contribution in [0.4, 0.5) is 0 Å². The molecule has 3 nitrogen and oxygen atoms in total. The molecule has 108 valence electrons. The van der Waals surface area contributed by atoms with E-state index in [9.17, 15) is 0 Å². The summed E-state index contributed by atoms with van der Waals surface area (Å²) in [5.74, 6) is 0. The monoisotopic (exact) mass is 289 g/mol. The molecule has 0 aliphatic heterocycles. The van der Waals surface area contributed by atoms with Gasteiger partial charge in [-0.1, -0.05) is 20.8 Å². The minimum atomic E-state index is 0.141. The van der Waals surface area contributed by atoms with Gasteiger partial charge in [0, 0.05) is 35.3 Å². The quantitative estimate of drug-likeness (QED) is 0.912. The number of hydrogen-bond acceptors (Lipinski definition) is 3. The third kappa shape index (κ3) is 3.30. The fourth-order valence-electron chi connectivity index (χ4n) is 2.17. The number of nitrogens with zero attached hydrogens (tertiary/aromatic N) is 2. The summed E-state index contributed by atoms with van der Waals surface area (Å²) in [4.78, 5) is 4.78. The number of thiazole rings is 1. The Morgan fingerprint density at radius 3 is 2.85 bits per heavy atom. The largest absolute Gasteiger partial charge is 0.343 e. The second kappa shape index (κ2) is 5.34. The van der Waals surface area contributed by atoms with Gasteiger partial charge in [-0.15, -0.1) is 11.3 Å². The summed E-state index contributed by atoms with van der Waals surface area (Å²) in [5.41, 5.74) is 2.69. The van der Waals surface area contributed by atoms with Crippen molar-refractivity contribution in [2.75, 3.05) is 0 Å². The lowest BCUT2D eigenvalue weighted by molar-refractivity contribution is 0.568. The third-order valence-corrected chi connectivity index (χ3v) is 4.53. The van der Waals surface area contributed by atoms with Crippen molar-refractivity contribution in [1.29, 1.82) is 0 Å². The molecule has 2 heterocycles. The predicted molar refractivity (Wildman–Crippen MR) is 84.2 cm³/mol. The highest BCUT2D eigenvalue weighted by Gasteiger charge is 2.21. The standard InChI is InChI=1S/C16H23N3S/c1-16(2,3)14-11-20-15(18-14)10-19-8-4-5-13(19)9-17-12-6-7-12/h4-5,8,11-12,17H,6-7,9-10H2,1-3H3. The van der Waals surface area contributed by atoms with Gasteiger partial charge in [0.05, 0.1) is 12.2 Å². The Hall–Kier alpha value is -1.13. The predicted octanol–water partition coefficient (Wildman–Crippen LogP) is 3.54. The van der Waals surface area contributed by atoms with Crippen LogP contribution in [0, 0.1) is 0 Å². The van der Waals surface area contributed by atoms with E-state index in [1.54, 1.807) is 11.3 Å². The Morgan fingerprint density at radius 2 is 2.20 bits per heavy atom. The van der Waals surface area contributed by atoms with Crippen molar-refractivity contribution in [3.05, 3.63) is 40.1 Å². The molecule has 1 saturated carbocycles. The molecule has 1 N–H and O–H groups in total. The molecule has 0 radical (unpaired) electrons. The molecule has 3 rings (SSSR count). The van der Waals surface area contributed by atoms with E-state index in [2.05, 4.69) is 54.4 Å². The van der Waals surface area contributed by atoms with E-state index < -0.39 is 0 Å². The van der Waals surface area contributed by atoms with Crippen LogP contribution in [-0.2, 0) is 18.5 Å². The van der Waals surface area contributed by atoms with Crippen molar-refractivity contribution in [1.82, 2.24) is 14.9 Å². The Balaban J connectivity index is 1.67. The highest BCUT2D eigenvalue weighted by molar-refractivity contribution is 7.09. The van der Waals surface area contributed by atoms with E-state index >= 15 is 0 Å². The molecule has 20 heavy (non-hydrogen) atoms. The maximum Gasteiger partial charge on any atom is 0.113 e. The van der Waals surface area contributed by atoms with E-state index in [0.29, 0.717) is 0 Å². The second-order valence-electron chi connectivity index (χ2n) is 6.66. The van der Waals surface area contributed by atoms with E-state index in [-0.39, 0.29) is 5.41 Å². The highest BCUT2D eigenvalue weighted by Crippen LogP contribution is 2.24. The van der Waals surface area contributed by atoms with Crippen molar-refractivity contribution in [2.45, 2.75) is 58.2 Å². The lowest BCUT2D eigenvalue weighted by atomic mass is 9.93. The maximum absolute atomic E-state index is 4.78. The summed E-state index contributed by atoms with van der Waals surface area (Å²) in [6.07, 6.45) is 4.83. The van der Waals surface area contributed by atoms with Crippen LogP contribution in [0.25, 0.3) is 0 Å². The molecule has 0 saturated heterocycles. The minimum Gasteiger partial charge on any atom is -0.343 e. The fourth-order valence-corrected chi connectivity index (χ4v) is 3.19. The summed E-state index contributed by atoms with van der Waals surface area (Å²) < 4.78 is 2.31. The smallest absolute Gasteiger partial charge is 0.113 e. The highest BCUT2D eigenvalue weighted by atomic mass is 32.1. The van der Waals surface area contributed by atoms with Crippen LogP contribution >= 0.6 is 11.3 Å². The van der Waals surface area contributed by atoms with E-state index in [1.165, 1.54) is 29.2 Å². The topological polar surface area (TPSA) is 29.9 Å². The molecule has 4 heteroatoms. The first kappa shape index (κ1) is 13.8. The molecule has 0 atom stereocenters. The first-order chi connectivity index (χ1) is 9.52. The number of nitrogens with one attached hydrogen (secondary N) is 1. The Morgan fingerprint density at radius 1 is 1.40 bits per heavy atom. The second-order valence-corrected chi connectivity index (χ2v) is 7.60. The summed E-state index contributed by atoms with van der Waals surface area (Å²) in [5, 5.41) is 6.97. The van der Waals surface area contributed by atoms with Gasteiger partial charge in [-0.25, -0.2) is 4.98 Å². The first-order valence-corrected chi connectivity index (χ1v) is 8.22. The van der Waals surface area contributed by atoms with Crippen LogP contribution in [0.3, 0.4) is 0 Å². The van der Waals surface area contributed by atoms with Crippen LogP contribution in [0.2, 0.25) is 0 Å². The molecule has 0 unspecified atom stereocenters. The van der Waals surface area contributed by atoms with E-state index in [0.717, 1.165) is 19.1 Å². The zero-order valence-corrected chi connectivity index (χ0v) is 13.3. The number of rotatable bonds is 5. The SMILES string of the molecule is CC(C)(C)c1csc(Cn2cccc2CNC2CC2)n1. The van der Waals surface area contributed by atoms with Gasteiger partial charge in [-0.2, -0.15) is 0 Å². The molecule has 1 aliphatic carbocycles. The Bertz CT molecular complexity index is 573. The molecule has 0 aromatic carbocycles. The molecule has 2 aromatic heterocycles. The lowest BCUT2D eigenvalue weighted by Crippen LogP contribution is -2.18. The van der Waals surface area contributed by atoms with Gasteiger partial charge in [0.15, 0.2) is 0 Å². The van der Waals surface area contributed by atoms with Crippen molar-refractivity contribution < 1.29 is 0 Å². The van der Waals surface area contributed by atoms with Gasteiger partial charge in [0.2, 0.25) is 0 Å². The van der Waals surface area contributed by atoms with Crippen LogP contribution in [0.1, 0.15) is 50.0 Å². The lowest BCUT2D eigenvalue weighted by Gasteiger charge is -2.14. The molecular formula is C16H23N3S. The van der Waals surface area contributed by atoms with Crippen LogP contribution in [-0.4, -0.2) is 15.6 Å². The summed E-state index contributed by atoms with van der Waals surface area (Å²) >= 11 is 1.77. The minimum absolute atomic E-state index is 0.141. The van der Waals surface area contributed by atoms with Crippen molar-refractivity contribution in [2.24, 2.45) is 0 Å². The number of aromatic nitrogens is 2. The summed E-state index contributed by atoms with van der Waals surface area (Å²) in [6, 6.07) is 5.08. The molecule has 1 fully saturated rings. The Kier molecular flexibility index (Phi) is 3.69. The molecule has 0 bridgehead atoms.